The van der Waals surface area contributed by atoms with E-state index < -0.39 is 0 Å². The predicted octanol–water partition coefficient (Wildman–Crippen LogP) is 2.64. The Morgan fingerprint density at radius 1 is 1.37 bits per heavy atom. The van der Waals surface area contributed by atoms with E-state index in [2.05, 4.69) is 34.8 Å². The molecule has 0 spiro atoms. The van der Waals surface area contributed by atoms with E-state index in [1.54, 1.807) is 0 Å². The summed E-state index contributed by atoms with van der Waals surface area (Å²) in [5, 5.41) is 0. The Morgan fingerprint density at radius 2 is 2.21 bits per heavy atom. The summed E-state index contributed by atoms with van der Waals surface area (Å²) in [5.41, 5.74) is 10.4. The van der Waals surface area contributed by atoms with E-state index in [1.807, 2.05) is 18.3 Å². The highest BCUT2D eigenvalue weighted by atomic mass is 15.1. The molecule has 0 amide bonds. The molecule has 3 N–H and O–H groups in total. The number of rotatable bonds is 2. The highest BCUT2D eigenvalue weighted by Gasteiger charge is 2.17. The van der Waals surface area contributed by atoms with E-state index in [1.165, 1.54) is 11.1 Å². The maximum Gasteiger partial charge on any atom is 0.124 e. The predicted molar refractivity (Wildman–Crippen MR) is 79.8 cm³/mol. The molecule has 19 heavy (non-hydrogen) atoms. The Kier molecular flexibility index (Phi) is 3.03. The quantitative estimate of drug-likeness (QED) is 0.868. The molecule has 3 rings (SSSR count). The zero-order valence-electron chi connectivity index (χ0n) is 11.5. The number of nitrogens with zero attached hydrogens (tertiary/aromatic N) is 2. The molecule has 0 radical (unpaired) electrons. The van der Waals surface area contributed by atoms with Gasteiger partial charge in [0.05, 0.1) is 11.0 Å². The Morgan fingerprint density at radius 3 is 2.89 bits per heavy atom. The van der Waals surface area contributed by atoms with Crippen LogP contribution in [0.15, 0.2) is 24.4 Å². The lowest BCUT2D eigenvalue weighted by atomic mass is 10.0. The van der Waals surface area contributed by atoms with Crippen LogP contribution < -0.4 is 5.73 Å². The van der Waals surface area contributed by atoms with Crippen molar-refractivity contribution in [2.75, 3.05) is 18.8 Å². The second-order valence-electron chi connectivity index (χ2n) is 5.40. The van der Waals surface area contributed by atoms with Crippen molar-refractivity contribution < 1.29 is 0 Å². The third-order valence-electron chi connectivity index (χ3n) is 3.86. The third-order valence-corrected chi connectivity index (χ3v) is 3.86. The van der Waals surface area contributed by atoms with Crippen molar-refractivity contribution in [2.45, 2.75) is 26.3 Å². The van der Waals surface area contributed by atoms with E-state index in [9.17, 15) is 0 Å². The lowest BCUT2D eigenvalue weighted by molar-refractivity contribution is 0.245. The van der Waals surface area contributed by atoms with Gasteiger partial charge in [-0.3, -0.25) is 4.90 Å². The van der Waals surface area contributed by atoms with Gasteiger partial charge in [0.15, 0.2) is 0 Å². The summed E-state index contributed by atoms with van der Waals surface area (Å²) in [5.74, 6) is 0.577. The fraction of sp³-hybridized carbons (Fsp3) is 0.400. The molecule has 0 bridgehead atoms. The first-order valence-corrected chi connectivity index (χ1v) is 6.82. The number of nitrogens with one attached hydrogen (secondary N) is 1. The number of aromatic amines is 1. The molecule has 0 saturated carbocycles. The topological polar surface area (TPSA) is 57.9 Å². The molecule has 3 heterocycles. The van der Waals surface area contributed by atoms with Gasteiger partial charge in [-0.2, -0.15) is 0 Å². The van der Waals surface area contributed by atoms with Gasteiger partial charge in [-0.15, -0.1) is 0 Å². The van der Waals surface area contributed by atoms with Crippen LogP contribution >= 0.6 is 0 Å². The van der Waals surface area contributed by atoms with Crippen LogP contribution in [0.2, 0.25) is 0 Å². The summed E-state index contributed by atoms with van der Waals surface area (Å²) in [7, 11) is 0. The van der Waals surface area contributed by atoms with Gasteiger partial charge >= 0.3 is 0 Å². The van der Waals surface area contributed by atoms with Crippen molar-refractivity contribution in [2.24, 2.45) is 0 Å². The molecular formula is C15H20N4. The van der Waals surface area contributed by atoms with Crippen LogP contribution in [0.1, 0.15) is 25.8 Å². The van der Waals surface area contributed by atoms with Crippen LogP contribution in [-0.2, 0) is 0 Å². The lowest BCUT2D eigenvalue weighted by Gasteiger charge is -2.29. The zero-order valence-corrected chi connectivity index (χ0v) is 11.5. The fourth-order valence-electron chi connectivity index (χ4n) is 2.66. The molecule has 4 nitrogen and oxygen atoms in total. The van der Waals surface area contributed by atoms with Crippen molar-refractivity contribution in [1.82, 2.24) is 14.9 Å². The monoisotopic (exact) mass is 256 g/mol. The SMILES string of the molecule is CC(C)N1CC=C(c2c[nH]c3ccc(N)nc23)CC1. The minimum Gasteiger partial charge on any atom is -0.384 e. The minimum absolute atomic E-state index is 0.577. The van der Waals surface area contributed by atoms with Crippen LogP contribution in [-0.4, -0.2) is 34.0 Å². The molecule has 0 saturated heterocycles. The summed E-state index contributed by atoms with van der Waals surface area (Å²) >= 11 is 0. The number of anilines is 1. The Hall–Kier alpha value is -1.81. The molecule has 1 aliphatic rings. The number of fused-ring (bicyclic) bond motifs is 1. The van der Waals surface area contributed by atoms with Gasteiger partial charge in [0.2, 0.25) is 0 Å². The summed E-state index contributed by atoms with van der Waals surface area (Å²) in [6.07, 6.45) is 5.44. The third kappa shape index (κ3) is 2.24. The molecule has 0 aliphatic carbocycles. The molecule has 2 aromatic rings. The van der Waals surface area contributed by atoms with Crippen molar-refractivity contribution in [3.63, 3.8) is 0 Å². The van der Waals surface area contributed by atoms with Crippen LogP contribution in [0.3, 0.4) is 0 Å². The number of hydrogen-bond donors (Lipinski definition) is 2. The molecule has 0 atom stereocenters. The van der Waals surface area contributed by atoms with Crippen LogP contribution in [0.4, 0.5) is 5.82 Å². The van der Waals surface area contributed by atoms with Gasteiger partial charge < -0.3 is 10.7 Å². The van der Waals surface area contributed by atoms with Gasteiger partial charge in [0.1, 0.15) is 5.82 Å². The van der Waals surface area contributed by atoms with E-state index in [4.69, 9.17) is 5.73 Å². The molecular weight excluding hydrogens is 236 g/mol. The smallest absolute Gasteiger partial charge is 0.124 e. The van der Waals surface area contributed by atoms with E-state index in [0.717, 1.165) is 30.5 Å². The number of hydrogen-bond acceptors (Lipinski definition) is 3. The van der Waals surface area contributed by atoms with Crippen molar-refractivity contribution in [3.05, 3.63) is 30.0 Å². The average Bonchev–Trinajstić information content (AvgIpc) is 2.81. The molecule has 1 aliphatic heterocycles. The Labute approximate surface area is 113 Å². The molecule has 4 heteroatoms. The van der Waals surface area contributed by atoms with E-state index in [0.29, 0.717) is 11.9 Å². The van der Waals surface area contributed by atoms with Crippen LogP contribution in [0, 0.1) is 0 Å². The molecule has 2 aromatic heterocycles. The van der Waals surface area contributed by atoms with E-state index in [-0.39, 0.29) is 0 Å². The van der Waals surface area contributed by atoms with Gasteiger partial charge in [-0.1, -0.05) is 6.08 Å². The Balaban J connectivity index is 1.95. The number of nitrogens with two attached hydrogens (primary N) is 1. The van der Waals surface area contributed by atoms with Crippen molar-refractivity contribution >= 4 is 22.4 Å². The fourth-order valence-corrected chi connectivity index (χ4v) is 2.66. The van der Waals surface area contributed by atoms with Crippen LogP contribution in [0.5, 0.6) is 0 Å². The van der Waals surface area contributed by atoms with Gasteiger partial charge in [-0.05, 0) is 38.0 Å². The normalized spacial score (nSPS) is 17.1. The average molecular weight is 256 g/mol. The Bertz CT molecular complexity index is 624. The first kappa shape index (κ1) is 12.2. The summed E-state index contributed by atoms with van der Waals surface area (Å²) in [4.78, 5) is 10.2. The minimum atomic E-state index is 0.577. The van der Waals surface area contributed by atoms with Gasteiger partial charge in [-0.25, -0.2) is 4.98 Å². The van der Waals surface area contributed by atoms with Gasteiger partial charge in [0.25, 0.3) is 0 Å². The van der Waals surface area contributed by atoms with Gasteiger partial charge in [0, 0.05) is 30.9 Å². The second-order valence-corrected chi connectivity index (χ2v) is 5.40. The largest absolute Gasteiger partial charge is 0.384 e. The standard InChI is InChI=1S/C15H20N4/c1-10(2)19-7-5-11(6-8-19)12-9-17-13-3-4-14(16)18-15(12)13/h3-5,9-10,17H,6-8H2,1-2H3,(H2,16,18). The summed E-state index contributed by atoms with van der Waals surface area (Å²) < 4.78 is 0. The van der Waals surface area contributed by atoms with E-state index >= 15 is 0 Å². The maximum atomic E-state index is 5.79. The number of nitrogen functional groups attached to an aromatic ring is 1. The molecule has 100 valence electrons. The number of aromatic nitrogens is 2. The maximum absolute atomic E-state index is 5.79. The molecule has 0 unspecified atom stereocenters. The first-order chi connectivity index (χ1) is 9.15. The summed E-state index contributed by atoms with van der Waals surface area (Å²) in [6, 6.07) is 4.43. The lowest BCUT2D eigenvalue weighted by Crippen LogP contribution is -2.34. The highest BCUT2D eigenvalue weighted by molar-refractivity contribution is 5.90. The highest BCUT2D eigenvalue weighted by Crippen LogP contribution is 2.28. The number of H-pyrrole nitrogens is 1. The first-order valence-electron chi connectivity index (χ1n) is 6.82. The van der Waals surface area contributed by atoms with Crippen LogP contribution in [0.25, 0.3) is 16.6 Å². The zero-order chi connectivity index (χ0) is 13.4. The molecule has 0 aromatic carbocycles. The summed E-state index contributed by atoms with van der Waals surface area (Å²) in [6.45, 7) is 6.61. The number of pyridine rings is 1. The van der Waals surface area contributed by atoms with Crippen molar-refractivity contribution in [3.8, 4) is 0 Å². The van der Waals surface area contributed by atoms with Crippen molar-refractivity contribution in [1.29, 1.82) is 0 Å². The second kappa shape index (κ2) is 4.70. The molecule has 0 fully saturated rings.